The van der Waals surface area contributed by atoms with Crippen molar-refractivity contribution in [1.82, 2.24) is 16.0 Å². The van der Waals surface area contributed by atoms with Crippen molar-refractivity contribution in [3.8, 4) is 11.5 Å². The third-order valence-corrected chi connectivity index (χ3v) is 9.11. The molecule has 4 aromatic rings. The van der Waals surface area contributed by atoms with E-state index in [1.807, 2.05) is 86.6 Å². The first-order chi connectivity index (χ1) is 31.7. The maximum Gasteiger partial charge on any atom is 0.407 e. The fourth-order valence-electron chi connectivity index (χ4n) is 5.86. The Bertz CT molecular complexity index is 2010. The zero-order valence-electron chi connectivity index (χ0n) is 38.9. The lowest BCUT2D eigenvalue weighted by Gasteiger charge is -2.19. The van der Waals surface area contributed by atoms with Gasteiger partial charge in [-0.15, -0.1) is 0 Å². The van der Waals surface area contributed by atoms with Crippen molar-refractivity contribution in [2.75, 3.05) is 39.6 Å². The van der Waals surface area contributed by atoms with E-state index in [0.29, 0.717) is 38.7 Å². The molecule has 0 aliphatic carbocycles. The van der Waals surface area contributed by atoms with E-state index in [1.54, 1.807) is 57.2 Å². The molecule has 0 aliphatic rings. The monoisotopic (exact) mass is 913 g/mol. The number of benzene rings is 4. The molecule has 4 aromatic carbocycles. The van der Waals surface area contributed by atoms with E-state index in [4.69, 9.17) is 28.4 Å². The van der Waals surface area contributed by atoms with Gasteiger partial charge in [0.15, 0.2) is 0 Å². The van der Waals surface area contributed by atoms with Crippen LogP contribution in [0.5, 0.6) is 11.5 Å². The third-order valence-electron chi connectivity index (χ3n) is 9.11. The topological polar surface area (TPSA) is 197 Å². The zero-order valence-corrected chi connectivity index (χ0v) is 38.9. The Hall–Kier alpha value is -6.45. The van der Waals surface area contributed by atoms with Crippen LogP contribution in [0.4, 0.5) is 4.79 Å². The van der Waals surface area contributed by atoms with Crippen LogP contribution in [0.25, 0.3) is 0 Å². The lowest BCUT2D eigenvalue weighted by Crippen LogP contribution is -2.43. The fraction of sp³-hybridized carbons (Fsp3) is 0.431. The Morgan fingerprint density at radius 2 is 1.00 bits per heavy atom. The first-order valence-corrected chi connectivity index (χ1v) is 22.4. The molecule has 66 heavy (non-hydrogen) atoms. The molecule has 0 fully saturated rings. The van der Waals surface area contributed by atoms with E-state index >= 15 is 0 Å². The van der Waals surface area contributed by atoms with Gasteiger partial charge in [-0.05, 0) is 80.1 Å². The lowest BCUT2D eigenvalue weighted by atomic mass is 10.1. The molecule has 0 aliphatic heterocycles. The Balaban J connectivity index is 0.000000367. The molecule has 4 N–H and O–H groups in total. The van der Waals surface area contributed by atoms with E-state index in [0.717, 1.165) is 35.1 Å². The van der Waals surface area contributed by atoms with Crippen LogP contribution in [0.3, 0.4) is 0 Å². The summed E-state index contributed by atoms with van der Waals surface area (Å²) in [4.78, 5) is 61.8. The van der Waals surface area contributed by atoms with Gasteiger partial charge in [0.25, 0.3) is 0 Å². The number of hydrogen-bond acceptors (Lipinski definition) is 12. The summed E-state index contributed by atoms with van der Waals surface area (Å²) < 4.78 is 32.4. The number of ether oxygens (including phenoxy) is 6. The maximum atomic E-state index is 12.9. The number of carbonyl (C=O) groups is 5. The fourth-order valence-corrected chi connectivity index (χ4v) is 5.86. The van der Waals surface area contributed by atoms with Gasteiger partial charge in [0, 0.05) is 38.9 Å². The second-order valence-electron chi connectivity index (χ2n) is 16.1. The van der Waals surface area contributed by atoms with Crippen LogP contribution in [-0.4, -0.2) is 92.2 Å². The first kappa shape index (κ1) is 53.9. The molecule has 15 heteroatoms. The van der Waals surface area contributed by atoms with Crippen LogP contribution in [0.2, 0.25) is 0 Å². The van der Waals surface area contributed by atoms with Crippen LogP contribution in [-0.2, 0) is 68.9 Å². The van der Waals surface area contributed by atoms with E-state index in [9.17, 15) is 29.1 Å². The van der Waals surface area contributed by atoms with E-state index < -0.39 is 35.7 Å². The summed E-state index contributed by atoms with van der Waals surface area (Å²) in [5.74, 6) is -0.800. The van der Waals surface area contributed by atoms with Crippen molar-refractivity contribution in [3.63, 3.8) is 0 Å². The summed E-state index contributed by atoms with van der Waals surface area (Å²) in [5.41, 5.74) is 2.81. The molecule has 0 bridgehead atoms. The normalized spacial score (nSPS) is 11.7. The van der Waals surface area contributed by atoms with E-state index in [1.165, 1.54) is 0 Å². The second-order valence-corrected chi connectivity index (χ2v) is 16.1. The van der Waals surface area contributed by atoms with Crippen LogP contribution >= 0.6 is 0 Å². The van der Waals surface area contributed by atoms with E-state index in [-0.39, 0.29) is 63.1 Å². The molecule has 15 nitrogen and oxygen atoms in total. The van der Waals surface area contributed by atoms with Gasteiger partial charge in [0.2, 0.25) is 11.8 Å². The molecule has 0 saturated heterocycles. The van der Waals surface area contributed by atoms with Gasteiger partial charge in [0.05, 0.1) is 19.8 Å². The number of rotatable bonds is 26. The Labute approximate surface area is 388 Å². The highest BCUT2D eigenvalue weighted by Crippen LogP contribution is 2.16. The molecule has 0 saturated carbocycles. The summed E-state index contributed by atoms with van der Waals surface area (Å²) >= 11 is 0. The van der Waals surface area contributed by atoms with Crippen molar-refractivity contribution in [1.29, 1.82) is 0 Å². The minimum absolute atomic E-state index is 0.121. The molecule has 0 aromatic heterocycles. The average molecular weight is 914 g/mol. The maximum absolute atomic E-state index is 12.9. The highest BCUT2D eigenvalue weighted by Gasteiger charge is 2.24. The molecule has 0 unspecified atom stereocenters. The summed E-state index contributed by atoms with van der Waals surface area (Å²) in [5, 5.41) is 17.6. The summed E-state index contributed by atoms with van der Waals surface area (Å²) in [6.45, 7) is 12.0. The zero-order chi connectivity index (χ0) is 48.0. The molecule has 0 heterocycles. The SMILES string of the molecule is CCCOCCC(=O)N[C@@H](Cc1ccc(O)cc1)C(=O)OCc1ccccc1.CCCOCCC(=O)N[C@@H](Cc1ccc(OCCNC(=O)OC(C)(C)C)cc1)C(=O)OCc1ccccc1. The van der Waals surface area contributed by atoms with Gasteiger partial charge in [-0.3, -0.25) is 9.59 Å². The predicted octanol–water partition coefficient (Wildman–Crippen LogP) is 7.16. The molecular weight excluding hydrogens is 847 g/mol. The number of amides is 3. The summed E-state index contributed by atoms with van der Waals surface area (Å²) in [6, 6.07) is 30.8. The van der Waals surface area contributed by atoms with Gasteiger partial charge >= 0.3 is 18.0 Å². The number of alkyl carbamates (subject to hydrolysis) is 1. The van der Waals surface area contributed by atoms with Crippen LogP contribution < -0.4 is 20.7 Å². The highest BCUT2D eigenvalue weighted by molar-refractivity contribution is 5.85. The Morgan fingerprint density at radius 1 is 0.561 bits per heavy atom. The Morgan fingerprint density at radius 3 is 1.42 bits per heavy atom. The largest absolute Gasteiger partial charge is 0.508 e. The van der Waals surface area contributed by atoms with E-state index in [2.05, 4.69) is 16.0 Å². The Kier molecular flexibility index (Phi) is 25.0. The van der Waals surface area contributed by atoms with Crippen LogP contribution in [0.1, 0.15) is 82.6 Å². The number of aromatic hydroxyl groups is 1. The lowest BCUT2D eigenvalue weighted by molar-refractivity contribution is -0.149. The average Bonchev–Trinajstić information content (AvgIpc) is 3.30. The quantitative estimate of drug-likeness (QED) is 0.0282. The molecule has 0 radical (unpaired) electrons. The van der Waals surface area contributed by atoms with Crippen molar-refractivity contribution < 1.29 is 57.5 Å². The van der Waals surface area contributed by atoms with Gasteiger partial charge in [-0.2, -0.15) is 0 Å². The number of hydrogen-bond donors (Lipinski definition) is 4. The van der Waals surface area contributed by atoms with Crippen molar-refractivity contribution >= 4 is 29.8 Å². The number of phenolic OH excluding ortho intramolecular Hbond substituents is 1. The van der Waals surface area contributed by atoms with Crippen molar-refractivity contribution in [2.24, 2.45) is 0 Å². The molecule has 4 rings (SSSR count). The molecular formula is C51H67N3O12. The van der Waals surface area contributed by atoms with Crippen LogP contribution in [0, 0.1) is 0 Å². The number of carbonyl (C=O) groups excluding carboxylic acids is 5. The van der Waals surface area contributed by atoms with Gasteiger partial charge < -0.3 is 49.5 Å². The highest BCUT2D eigenvalue weighted by atomic mass is 16.6. The number of phenols is 1. The smallest absolute Gasteiger partial charge is 0.407 e. The van der Waals surface area contributed by atoms with Gasteiger partial charge in [-0.25, -0.2) is 14.4 Å². The third kappa shape index (κ3) is 24.0. The number of esters is 2. The molecule has 0 spiro atoms. The van der Waals surface area contributed by atoms with Crippen molar-refractivity contribution in [3.05, 3.63) is 131 Å². The second kappa shape index (κ2) is 30.6. The summed E-state index contributed by atoms with van der Waals surface area (Å²) in [7, 11) is 0. The van der Waals surface area contributed by atoms with Crippen molar-refractivity contribution in [2.45, 2.75) is 104 Å². The molecule has 2 atom stereocenters. The number of nitrogens with one attached hydrogen (secondary N) is 3. The summed E-state index contributed by atoms with van der Waals surface area (Å²) in [6.07, 6.45) is 2.13. The predicted molar refractivity (Wildman–Crippen MR) is 249 cm³/mol. The van der Waals surface area contributed by atoms with Gasteiger partial charge in [0.1, 0.15) is 49.0 Å². The first-order valence-electron chi connectivity index (χ1n) is 22.4. The standard InChI is InChI=1S/C29H40N2O7.C22H27NO5/c1-5-17-35-18-15-26(32)31-25(27(33)37-21-23-9-7-6-8-10-23)20-22-11-13-24(14-12-22)36-19-16-30-28(34)38-29(2,3)4;1-2-13-27-14-12-21(25)23-20(15-17-8-10-19(24)11-9-17)22(26)28-16-18-6-4-3-5-7-18/h6-14,25H,5,15-21H2,1-4H3,(H,30,34)(H,31,32);3-11,20,24H,2,12-16H2,1H3,(H,23,25)/t25-;20-/m00/s1. The minimum Gasteiger partial charge on any atom is -0.508 e. The van der Waals surface area contributed by atoms with Gasteiger partial charge in [-0.1, -0.05) is 98.8 Å². The molecule has 3 amide bonds. The minimum atomic E-state index is -0.845. The van der Waals surface area contributed by atoms with Crippen LogP contribution in [0.15, 0.2) is 109 Å². The molecule has 358 valence electrons.